The lowest BCUT2D eigenvalue weighted by atomic mass is 10.1. The van der Waals surface area contributed by atoms with Gasteiger partial charge in [-0.3, -0.25) is 0 Å². The van der Waals surface area contributed by atoms with Crippen molar-refractivity contribution < 1.29 is 23.4 Å². The third-order valence-electron chi connectivity index (χ3n) is 4.10. The molecule has 0 aromatic heterocycles. The minimum absolute atomic E-state index is 0.0286. The van der Waals surface area contributed by atoms with Gasteiger partial charge in [0, 0.05) is 13.1 Å². The fourth-order valence-electron chi connectivity index (χ4n) is 2.69. The van der Waals surface area contributed by atoms with E-state index in [4.69, 9.17) is 4.74 Å². The summed E-state index contributed by atoms with van der Waals surface area (Å²) in [4.78, 5) is 4.46. The van der Waals surface area contributed by atoms with Crippen molar-refractivity contribution >= 4 is 5.96 Å². The number of alkyl halides is 2. The first-order valence-corrected chi connectivity index (χ1v) is 9.40. The standard InChI is InChI=1S/C21H27F2N3O3/c1-3-24-21(25-12-11-17(27)16-7-5-4-6-8-16)26-14-15-9-10-18(28-2)19(13-15)29-20(22)23/h4-10,13,17,20,27H,3,11-12,14H2,1-2H3,(H2,24,25,26). The average Bonchev–Trinajstić information content (AvgIpc) is 2.72. The summed E-state index contributed by atoms with van der Waals surface area (Å²) in [5.74, 6) is 0.775. The number of hydrogen-bond acceptors (Lipinski definition) is 4. The fraction of sp³-hybridized carbons (Fsp3) is 0.381. The molecule has 1 atom stereocenters. The lowest BCUT2D eigenvalue weighted by Crippen LogP contribution is -2.38. The molecular formula is C21H27F2N3O3. The second-order valence-corrected chi connectivity index (χ2v) is 6.20. The molecule has 158 valence electrons. The Kier molecular flexibility index (Phi) is 9.17. The van der Waals surface area contributed by atoms with Crippen molar-refractivity contribution in [3.8, 4) is 11.5 Å². The maximum atomic E-state index is 12.6. The maximum Gasteiger partial charge on any atom is 0.387 e. The summed E-state index contributed by atoms with van der Waals surface area (Å²) >= 11 is 0. The molecule has 0 radical (unpaired) electrons. The Morgan fingerprint density at radius 3 is 2.52 bits per heavy atom. The molecule has 3 N–H and O–H groups in total. The quantitative estimate of drug-likeness (QED) is 0.415. The van der Waals surface area contributed by atoms with E-state index in [9.17, 15) is 13.9 Å². The van der Waals surface area contributed by atoms with E-state index in [2.05, 4.69) is 20.4 Å². The molecule has 2 aromatic carbocycles. The highest BCUT2D eigenvalue weighted by Crippen LogP contribution is 2.29. The highest BCUT2D eigenvalue weighted by molar-refractivity contribution is 5.79. The lowest BCUT2D eigenvalue weighted by Gasteiger charge is -2.15. The number of aliphatic imine (C=N–C) groups is 1. The van der Waals surface area contributed by atoms with Crippen molar-refractivity contribution in [3.05, 3.63) is 59.7 Å². The van der Waals surface area contributed by atoms with Gasteiger partial charge >= 0.3 is 6.61 Å². The van der Waals surface area contributed by atoms with Crippen LogP contribution in [-0.2, 0) is 6.54 Å². The van der Waals surface area contributed by atoms with Crippen LogP contribution in [0.4, 0.5) is 8.78 Å². The first-order chi connectivity index (χ1) is 14.0. The van der Waals surface area contributed by atoms with Crippen LogP contribution in [0.5, 0.6) is 11.5 Å². The van der Waals surface area contributed by atoms with Crippen LogP contribution in [0.25, 0.3) is 0 Å². The number of guanidine groups is 1. The van der Waals surface area contributed by atoms with Gasteiger partial charge in [-0.15, -0.1) is 0 Å². The second-order valence-electron chi connectivity index (χ2n) is 6.20. The van der Waals surface area contributed by atoms with Gasteiger partial charge in [0.2, 0.25) is 0 Å². The van der Waals surface area contributed by atoms with Crippen LogP contribution in [0, 0.1) is 0 Å². The van der Waals surface area contributed by atoms with Crippen molar-refractivity contribution in [3.63, 3.8) is 0 Å². The van der Waals surface area contributed by atoms with E-state index < -0.39 is 12.7 Å². The zero-order valence-corrected chi connectivity index (χ0v) is 16.6. The number of aliphatic hydroxyl groups excluding tert-OH is 1. The zero-order chi connectivity index (χ0) is 21.1. The number of nitrogens with one attached hydrogen (secondary N) is 2. The monoisotopic (exact) mass is 407 g/mol. The van der Waals surface area contributed by atoms with E-state index in [-0.39, 0.29) is 18.0 Å². The van der Waals surface area contributed by atoms with Crippen LogP contribution in [0.2, 0.25) is 0 Å². The fourth-order valence-corrected chi connectivity index (χ4v) is 2.69. The molecule has 0 saturated carbocycles. The van der Waals surface area contributed by atoms with E-state index >= 15 is 0 Å². The van der Waals surface area contributed by atoms with E-state index in [0.29, 0.717) is 31.0 Å². The van der Waals surface area contributed by atoms with Gasteiger partial charge in [0.25, 0.3) is 0 Å². The Labute approximate surface area is 169 Å². The molecule has 0 spiro atoms. The van der Waals surface area contributed by atoms with Gasteiger partial charge < -0.3 is 25.2 Å². The average molecular weight is 407 g/mol. The van der Waals surface area contributed by atoms with Crippen LogP contribution in [0.3, 0.4) is 0 Å². The van der Waals surface area contributed by atoms with Crippen molar-refractivity contribution in [2.45, 2.75) is 32.6 Å². The minimum atomic E-state index is -2.93. The Balaban J connectivity index is 1.96. The topological polar surface area (TPSA) is 75.1 Å². The molecule has 2 rings (SSSR count). The zero-order valence-electron chi connectivity index (χ0n) is 16.6. The molecule has 6 nitrogen and oxygen atoms in total. The molecule has 0 aliphatic rings. The van der Waals surface area contributed by atoms with E-state index in [0.717, 1.165) is 5.56 Å². The summed E-state index contributed by atoms with van der Waals surface area (Å²) in [6, 6.07) is 14.2. The van der Waals surface area contributed by atoms with E-state index in [1.165, 1.54) is 13.2 Å². The molecule has 0 saturated heterocycles. The van der Waals surface area contributed by atoms with Gasteiger partial charge in [-0.2, -0.15) is 8.78 Å². The number of ether oxygens (including phenoxy) is 2. The first-order valence-electron chi connectivity index (χ1n) is 9.40. The molecule has 2 aromatic rings. The van der Waals surface area contributed by atoms with Crippen LogP contribution < -0.4 is 20.1 Å². The number of hydrogen-bond donors (Lipinski definition) is 3. The number of rotatable bonds is 10. The number of aliphatic hydroxyl groups is 1. The Morgan fingerprint density at radius 2 is 1.86 bits per heavy atom. The molecule has 8 heteroatoms. The lowest BCUT2D eigenvalue weighted by molar-refractivity contribution is -0.0512. The number of benzene rings is 2. The Bertz CT molecular complexity index is 773. The largest absolute Gasteiger partial charge is 0.493 e. The summed E-state index contributed by atoms with van der Waals surface area (Å²) in [6.45, 7) is 0.454. The third kappa shape index (κ3) is 7.57. The Hall–Kier alpha value is -2.87. The molecule has 0 bridgehead atoms. The van der Waals surface area contributed by atoms with Gasteiger partial charge in [0.05, 0.1) is 19.8 Å². The van der Waals surface area contributed by atoms with Gasteiger partial charge in [-0.1, -0.05) is 36.4 Å². The van der Waals surface area contributed by atoms with Crippen molar-refractivity contribution in [1.29, 1.82) is 0 Å². The first kappa shape index (κ1) is 22.4. The smallest absolute Gasteiger partial charge is 0.387 e. The Morgan fingerprint density at radius 1 is 1.10 bits per heavy atom. The highest BCUT2D eigenvalue weighted by Gasteiger charge is 2.11. The molecular weight excluding hydrogens is 380 g/mol. The summed E-state index contributed by atoms with van der Waals surface area (Å²) < 4.78 is 34.7. The number of methoxy groups -OCH3 is 1. The van der Waals surface area contributed by atoms with E-state index in [1.54, 1.807) is 12.1 Å². The molecule has 1 unspecified atom stereocenters. The van der Waals surface area contributed by atoms with Crippen LogP contribution in [0.15, 0.2) is 53.5 Å². The summed E-state index contributed by atoms with van der Waals surface area (Å²) in [5, 5.41) is 16.5. The van der Waals surface area contributed by atoms with Crippen LogP contribution in [-0.4, -0.2) is 37.9 Å². The predicted molar refractivity (Wildman–Crippen MR) is 108 cm³/mol. The number of nitrogens with zero attached hydrogens (tertiary/aromatic N) is 1. The van der Waals surface area contributed by atoms with Gasteiger partial charge in [-0.25, -0.2) is 4.99 Å². The highest BCUT2D eigenvalue weighted by atomic mass is 19.3. The van der Waals surface area contributed by atoms with Gasteiger partial charge in [0.15, 0.2) is 17.5 Å². The summed E-state index contributed by atoms with van der Waals surface area (Å²) in [5.41, 5.74) is 1.56. The second kappa shape index (κ2) is 11.9. The molecule has 0 heterocycles. The van der Waals surface area contributed by atoms with Crippen LogP contribution in [0.1, 0.15) is 30.6 Å². The predicted octanol–water partition coefficient (Wildman–Crippen LogP) is 3.48. The normalized spacial score (nSPS) is 12.6. The summed E-state index contributed by atoms with van der Waals surface area (Å²) in [7, 11) is 1.39. The number of halogens is 2. The van der Waals surface area contributed by atoms with Crippen LogP contribution >= 0.6 is 0 Å². The van der Waals surface area contributed by atoms with Crippen molar-refractivity contribution in [2.75, 3.05) is 20.2 Å². The van der Waals surface area contributed by atoms with Gasteiger partial charge in [0.1, 0.15) is 0 Å². The molecule has 0 aliphatic carbocycles. The minimum Gasteiger partial charge on any atom is -0.493 e. The third-order valence-corrected chi connectivity index (χ3v) is 4.10. The molecule has 0 amide bonds. The molecule has 0 aliphatic heterocycles. The van der Waals surface area contributed by atoms with E-state index in [1.807, 2.05) is 37.3 Å². The summed E-state index contributed by atoms with van der Waals surface area (Å²) in [6.07, 6.45) is -0.0502. The maximum absolute atomic E-state index is 12.6. The van der Waals surface area contributed by atoms with Crippen molar-refractivity contribution in [2.24, 2.45) is 4.99 Å². The SMILES string of the molecule is CCNC(=NCc1ccc(OC)c(OC(F)F)c1)NCCC(O)c1ccccc1. The molecule has 0 fully saturated rings. The molecule has 29 heavy (non-hydrogen) atoms. The van der Waals surface area contributed by atoms with Gasteiger partial charge in [-0.05, 0) is 36.6 Å². The van der Waals surface area contributed by atoms with Crippen molar-refractivity contribution in [1.82, 2.24) is 10.6 Å².